The number of ether oxygens (including phenoxy) is 3. The summed E-state index contributed by atoms with van der Waals surface area (Å²) in [5.41, 5.74) is 0. The quantitative estimate of drug-likeness (QED) is 0.456. The number of aliphatic hydroxyl groups excluding tert-OH is 1. The van der Waals surface area contributed by atoms with E-state index in [1.165, 1.54) is 36.2 Å². The van der Waals surface area contributed by atoms with Gasteiger partial charge in [-0.1, -0.05) is 24.4 Å². The summed E-state index contributed by atoms with van der Waals surface area (Å²) in [5.74, 6) is -0.436. The molecule has 128 valence electrons. The number of thioether (sulfide) groups is 1. The van der Waals surface area contributed by atoms with Gasteiger partial charge in [-0.3, -0.25) is 14.3 Å². The zero-order valence-corrected chi connectivity index (χ0v) is 13.6. The van der Waals surface area contributed by atoms with E-state index in [4.69, 9.17) is 14.2 Å². The second kappa shape index (κ2) is 6.57. The Kier molecular flexibility index (Phi) is 4.49. The molecule has 9 nitrogen and oxygen atoms in total. The number of nitrogens with zero attached hydrogens (tertiary/aromatic N) is 3. The third kappa shape index (κ3) is 2.63. The van der Waals surface area contributed by atoms with Crippen LogP contribution in [0.2, 0.25) is 0 Å². The fraction of sp³-hybridized carbons (Fsp3) is 0.357. The predicted octanol–water partition coefficient (Wildman–Crippen LogP) is 0.838. The minimum absolute atomic E-state index is 0.00979. The number of imidazole rings is 1. The molecule has 0 saturated carbocycles. The summed E-state index contributed by atoms with van der Waals surface area (Å²) in [4.78, 5) is 29.2. The summed E-state index contributed by atoms with van der Waals surface area (Å²) in [5, 5.41) is 9.47. The van der Waals surface area contributed by atoms with Crippen molar-refractivity contribution in [3.05, 3.63) is 31.1 Å². The second-order valence-corrected chi connectivity index (χ2v) is 6.00. The van der Waals surface area contributed by atoms with Crippen molar-refractivity contribution in [2.45, 2.75) is 5.37 Å². The molecule has 3 heterocycles. The first-order chi connectivity index (χ1) is 11.6. The molecule has 1 N–H and O–H groups in total. The van der Waals surface area contributed by atoms with Crippen molar-refractivity contribution in [1.82, 2.24) is 14.5 Å². The van der Waals surface area contributed by atoms with Crippen molar-refractivity contribution in [3.63, 3.8) is 0 Å². The van der Waals surface area contributed by atoms with Gasteiger partial charge in [-0.05, 0) is 0 Å². The molecule has 1 fully saturated rings. The Bertz CT molecular complexity index is 715. The SMILES string of the molecule is C=CCOC(=O)OC1=C(n2cnc(OC)c2)S[C@@H]2[C@@H](CO)C(=O)N12. The van der Waals surface area contributed by atoms with Gasteiger partial charge in [0.2, 0.25) is 17.7 Å². The summed E-state index contributed by atoms with van der Waals surface area (Å²) in [6, 6.07) is 0. The number of hydrogen-bond donors (Lipinski definition) is 1. The molecular formula is C14H15N3O6S. The van der Waals surface area contributed by atoms with Crippen LogP contribution < -0.4 is 4.74 Å². The smallest absolute Gasteiger partial charge is 0.480 e. The van der Waals surface area contributed by atoms with E-state index in [1.54, 1.807) is 10.8 Å². The molecule has 0 radical (unpaired) electrons. The lowest BCUT2D eigenvalue weighted by Gasteiger charge is -2.40. The van der Waals surface area contributed by atoms with Crippen molar-refractivity contribution >= 4 is 28.9 Å². The van der Waals surface area contributed by atoms with Crippen LogP contribution in [-0.4, -0.2) is 57.3 Å². The second-order valence-electron chi connectivity index (χ2n) is 4.89. The van der Waals surface area contributed by atoms with Gasteiger partial charge in [-0.25, -0.2) is 9.78 Å². The van der Waals surface area contributed by atoms with E-state index in [1.807, 2.05) is 0 Å². The van der Waals surface area contributed by atoms with Gasteiger partial charge < -0.3 is 19.3 Å². The lowest BCUT2D eigenvalue weighted by atomic mass is 10.00. The lowest BCUT2D eigenvalue weighted by molar-refractivity contribution is -0.151. The minimum Gasteiger partial charge on any atom is -0.480 e. The fourth-order valence-electron chi connectivity index (χ4n) is 2.33. The maximum absolute atomic E-state index is 12.1. The largest absolute Gasteiger partial charge is 0.515 e. The Labute approximate surface area is 141 Å². The molecule has 1 aromatic heterocycles. The average molecular weight is 353 g/mol. The molecule has 0 aromatic carbocycles. The molecular weight excluding hydrogens is 338 g/mol. The van der Waals surface area contributed by atoms with Crippen LogP contribution in [0.3, 0.4) is 0 Å². The van der Waals surface area contributed by atoms with Crippen molar-refractivity contribution in [3.8, 4) is 5.88 Å². The molecule has 3 rings (SSSR count). The predicted molar refractivity (Wildman–Crippen MR) is 83.4 cm³/mol. The Morgan fingerprint density at radius 3 is 3.00 bits per heavy atom. The van der Waals surface area contributed by atoms with Crippen LogP contribution in [-0.2, 0) is 14.3 Å². The summed E-state index contributed by atoms with van der Waals surface area (Å²) < 4.78 is 16.6. The number of carbonyl (C=O) groups is 2. The van der Waals surface area contributed by atoms with Gasteiger partial charge >= 0.3 is 6.16 Å². The maximum Gasteiger partial charge on any atom is 0.515 e. The molecule has 2 aliphatic heterocycles. The fourth-order valence-corrected chi connectivity index (χ4v) is 3.69. The Morgan fingerprint density at radius 1 is 1.58 bits per heavy atom. The highest BCUT2D eigenvalue weighted by atomic mass is 32.2. The highest BCUT2D eigenvalue weighted by molar-refractivity contribution is 8.08. The summed E-state index contributed by atoms with van der Waals surface area (Å²) >= 11 is 1.29. The van der Waals surface area contributed by atoms with E-state index < -0.39 is 12.1 Å². The third-order valence-corrected chi connectivity index (χ3v) is 4.88. The van der Waals surface area contributed by atoms with E-state index in [9.17, 15) is 14.7 Å². The number of β-lactam (4-membered cyclic amide) rings is 1. The first kappa shape index (κ1) is 16.4. The number of rotatable bonds is 6. The van der Waals surface area contributed by atoms with E-state index in [-0.39, 0.29) is 30.4 Å². The van der Waals surface area contributed by atoms with E-state index >= 15 is 0 Å². The topological polar surface area (TPSA) is 103 Å². The standard InChI is InChI=1S/C14H15N3O6S/c1-3-4-22-14(20)23-11-13(16-5-9(21-2)15-7-16)24-12-8(6-18)10(19)17(11)12/h3,5,7-8,12,18H,1,4,6H2,2H3/t8-,12+/m0/s1. The molecule has 1 aromatic rings. The molecule has 1 amide bonds. The molecule has 0 aliphatic carbocycles. The van der Waals surface area contributed by atoms with Crippen LogP contribution >= 0.6 is 11.8 Å². The Morgan fingerprint density at radius 2 is 2.38 bits per heavy atom. The van der Waals surface area contributed by atoms with Crippen molar-refractivity contribution in [1.29, 1.82) is 0 Å². The van der Waals surface area contributed by atoms with Gasteiger partial charge in [0.15, 0.2) is 0 Å². The number of methoxy groups -OCH3 is 1. The van der Waals surface area contributed by atoms with Crippen molar-refractivity contribution in [2.24, 2.45) is 5.92 Å². The molecule has 0 unspecified atom stereocenters. The Hall–Kier alpha value is -2.46. The third-order valence-electron chi connectivity index (χ3n) is 3.49. The van der Waals surface area contributed by atoms with E-state index in [0.717, 1.165) is 0 Å². The van der Waals surface area contributed by atoms with Gasteiger partial charge in [-0.15, -0.1) is 0 Å². The van der Waals surface area contributed by atoms with Crippen LogP contribution in [0.4, 0.5) is 4.79 Å². The van der Waals surface area contributed by atoms with Crippen LogP contribution in [0.1, 0.15) is 0 Å². The Balaban J connectivity index is 1.89. The van der Waals surface area contributed by atoms with Gasteiger partial charge in [-0.2, -0.15) is 0 Å². The van der Waals surface area contributed by atoms with E-state index in [0.29, 0.717) is 10.9 Å². The number of aromatic nitrogens is 2. The highest BCUT2D eigenvalue weighted by Crippen LogP contribution is 2.51. The molecule has 1 saturated heterocycles. The van der Waals surface area contributed by atoms with Crippen molar-refractivity contribution in [2.75, 3.05) is 20.3 Å². The van der Waals surface area contributed by atoms with Gasteiger partial charge in [0.05, 0.1) is 25.8 Å². The monoisotopic (exact) mass is 353 g/mol. The molecule has 0 spiro atoms. The van der Waals surface area contributed by atoms with Gasteiger partial charge in [0.25, 0.3) is 0 Å². The number of carbonyl (C=O) groups excluding carboxylic acids is 2. The molecule has 10 heteroatoms. The first-order valence-corrected chi connectivity index (χ1v) is 7.87. The number of fused-ring (bicyclic) bond motifs is 1. The average Bonchev–Trinajstić information content (AvgIpc) is 3.16. The first-order valence-electron chi connectivity index (χ1n) is 6.99. The number of amides is 1. The van der Waals surface area contributed by atoms with Crippen LogP contribution in [0.25, 0.3) is 5.03 Å². The lowest BCUT2D eigenvalue weighted by Crippen LogP contribution is -2.58. The van der Waals surface area contributed by atoms with E-state index in [2.05, 4.69) is 11.6 Å². The zero-order chi connectivity index (χ0) is 17.3. The molecule has 24 heavy (non-hydrogen) atoms. The minimum atomic E-state index is -0.948. The van der Waals surface area contributed by atoms with Gasteiger partial charge in [0, 0.05) is 0 Å². The van der Waals surface area contributed by atoms with Crippen LogP contribution in [0.15, 0.2) is 31.1 Å². The van der Waals surface area contributed by atoms with Crippen molar-refractivity contribution < 1.29 is 28.9 Å². The molecule has 0 bridgehead atoms. The van der Waals surface area contributed by atoms with Gasteiger partial charge in [0.1, 0.15) is 23.3 Å². The normalized spacial score (nSPS) is 22.1. The number of aliphatic hydroxyl groups is 1. The summed E-state index contributed by atoms with van der Waals surface area (Å²) in [6.07, 6.45) is 3.52. The maximum atomic E-state index is 12.1. The molecule has 2 aliphatic rings. The molecule has 2 atom stereocenters. The van der Waals surface area contributed by atoms with Crippen LogP contribution in [0, 0.1) is 5.92 Å². The number of hydrogen-bond acceptors (Lipinski definition) is 8. The van der Waals surface area contributed by atoms with Crippen LogP contribution in [0.5, 0.6) is 5.88 Å². The zero-order valence-electron chi connectivity index (χ0n) is 12.7. The summed E-state index contributed by atoms with van der Waals surface area (Å²) in [7, 11) is 1.48. The highest BCUT2D eigenvalue weighted by Gasteiger charge is 2.56. The summed E-state index contributed by atoms with van der Waals surface area (Å²) in [6.45, 7) is 3.16.